The number of carbonyl (C=O) groups is 2. The van der Waals surface area contributed by atoms with Gasteiger partial charge in [0.15, 0.2) is 0 Å². The third-order valence-electron chi connectivity index (χ3n) is 3.91. The normalized spacial score (nSPS) is 10.7. The summed E-state index contributed by atoms with van der Waals surface area (Å²) < 4.78 is 11.2. The van der Waals surface area contributed by atoms with E-state index < -0.39 is 5.97 Å². The molecule has 146 valence electrons. The first-order valence-electron chi connectivity index (χ1n) is 8.94. The molecule has 0 unspecified atom stereocenters. The van der Waals surface area contributed by atoms with Crippen LogP contribution in [0.2, 0.25) is 0 Å². The summed E-state index contributed by atoms with van der Waals surface area (Å²) in [5.41, 5.74) is 2.53. The van der Waals surface area contributed by atoms with E-state index in [1.165, 1.54) is 0 Å². The van der Waals surface area contributed by atoms with E-state index in [1.807, 2.05) is 0 Å². The van der Waals surface area contributed by atoms with Gasteiger partial charge in [0, 0.05) is 10.7 Å². The Morgan fingerprint density at radius 3 is 2.07 bits per heavy atom. The molecule has 5 nitrogen and oxygen atoms in total. The van der Waals surface area contributed by atoms with Crippen LogP contribution >= 0.6 is 15.9 Å². The first kappa shape index (κ1) is 20.5. The number of rotatable bonds is 6. The van der Waals surface area contributed by atoms with E-state index in [9.17, 15) is 9.59 Å². The number of ether oxygens (including phenoxy) is 2. The van der Waals surface area contributed by atoms with Gasteiger partial charge in [0.1, 0.15) is 5.75 Å². The maximum Gasteiger partial charge on any atom is 0.343 e. The van der Waals surface area contributed by atoms with E-state index in [1.54, 1.807) is 85.9 Å². The first-order chi connectivity index (χ1) is 14.0. The highest BCUT2D eigenvalue weighted by atomic mass is 79.9. The molecule has 0 spiro atoms. The Morgan fingerprint density at radius 2 is 1.45 bits per heavy atom. The van der Waals surface area contributed by atoms with E-state index in [2.05, 4.69) is 20.9 Å². The fraction of sp³-hybridized carbons (Fsp3) is 0.0870. The van der Waals surface area contributed by atoms with Gasteiger partial charge in [-0.3, -0.25) is 4.99 Å². The van der Waals surface area contributed by atoms with Gasteiger partial charge in [-0.2, -0.15) is 0 Å². The number of halogens is 1. The zero-order valence-corrected chi connectivity index (χ0v) is 17.3. The second-order valence-electron chi connectivity index (χ2n) is 5.99. The van der Waals surface area contributed by atoms with E-state index in [0.717, 1.165) is 10.0 Å². The molecule has 0 bridgehead atoms. The molecule has 0 heterocycles. The van der Waals surface area contributed by atoms with Crippen LogP contribution in [0, 0.1) is 0 Å². The molecule has 0 aliphatic rings. The minimum Gasteiger partial charge on any atom is -0.462 e. The number of carbonyl (C=O) groups excluding carboxylic acids is 2. The number of hydrogen-bond donors (Lipinski definition) is 0. The Balaban J connectivity index is 1.60. The predicted octanol–water partition coefficient (Wildman–Crippen LogP) is 5.60. The minimum absolute atomic E-state index is 0.340. The van der Waals surface area contributed by atoms with Crippen molar-refractivity contribution in [2.75, 3.05) is 6.61 Å². The van der Waals surface area contributed by atoms with E-state index in [4.69, 9.17) is 9.47 Å². The average Bonchev–Trinajstić information content (AvgIpc) is 2.74. The largest absolute Gasteiger partial charge is 0.462 e. The highest BCUT2D eigenvalue weighted by Gasteiger charge is 2.08. The Morgan fingerprint density at radius 1 is 0.862 bits per heavy atom. The van der Waals surface area contributed by atoms with Crippen LogP contribution in [0.15, 0.2) is 82.3 Å². The van der Waals surface area contributed by atoms with Crippen molar-refractivity contribution in [3.8, 4) is 5.75 Å². The summed E-state index contributed by atoms with van der Waals surface area (Å²) in [6.07, 6.45) is 1.69. The fourth-order valence-corrected chi connectivity index (χ4v) is 2.69. The van der Waals surface area contributed by atoms with Crippen molar-refractivity contribution < 1.29 is 19.1 Å². The standard InChI is InChI=1S/C23H18BrNO4/c1-2-28-22(26)17-7-11-20(12-8-17)25-15-16-3-13-21(14-4-16)29-23(27)18-5-9-19(24)10-6-18/h3-15H,2H2,1H3. The van der Waals surface area contributed by atoms with Gasteiger partial charge in [-0.05, 0) is 85.3 Å². The Bertz CT molecular complexity index is 1010. The summed E-state index contributed by atoms with van der Waals surface area (Å²) in [5.74, 6) is -0.314. The number of aliphatic imine (C=N–C) groups is 1. The van der Waals surface area contributed by atoms with Crippen molar-refractivity contribution in [2.24, 2.45) is 4.99 Å². The third kappa shape index (κ3) is 5.86. The number of benzene rings is 3. The molecule has 0 radical (unpaired) electrons. The van der Waals surface area contributed by atoms with Gasteiger partial charge < -0.3 is 9.47 Å². The van der Waals surface area contributed by atoms with Crippen LogP contribution in [-0.4, -0.2) is 24.8 Å². The lowest BCUT2D eigenvalue weighted by atomic mass is 10.2. The van der Waals surface area contributed by atoms with Crippen molar-refractivity contribution in [1.82, 2.24) is 0 Å². The number of esters is 2. The smallest absolute Gasteiger partial charge is 0.343 e. The van der Waals surface area contributed by atoms with Gasteiger partial charge >= 0.3 is 11.9 Å². The topological polar surface area (TPSA) is 65.0 Å². The SMILES string of the molecule is CCOC(=O)c1ccc(N=Cc2ccc(OC(=O)c3ccc(Br)cc3)cc2)cc1. The van der Waals surface area contributed by atoms with Gasteiger partial charge in [0.2, 0.25) is 0 Å². The summed E-state index contributed by atoms with van der Waals surface area (Å²) in [6, 6.07) is 20.8. The zero-order valence-electron chi connectivity index (χ0n) is 15.7. The van der Waals surface area contributed by atoms with Gasteiger partial charge in [0.25, 0.3) is 0 Å². The van der Waals surface area contributed by atoms with Gasteiger partial charge in [0.05, 0.1) is 23.4 Å². The molecule has 0 aromatic heterocycles. The number of hydrogen-bond acceptors (Lipinski definition) is 5. The van der Waals surface area contributed by atoms with Crippen molar-refractivity contribution >= 4 is 39.8 Å². The molecular weight excluding hydrogens is 434 g/mol. The molecule has 0 amide bonds. The highest BCUT2D eigenvalue weighted by Crippen LogP contribution is 2.17. The van der Waals surface area contributed by atoms with E-state index in [-0.39, 0.29) is 5.97 Å². The van der Waals surface area contributed by atoms with Crippen LogP contribution < -0.4 is 4.74 Å². The van der Waals surface area contributed by atoms with Gasteiger partial charge in [-0.1, -0.05) is 15.9 Å². The first-order valence-corrected chi connectivity index (χ1v) is 9.73. The molecule has 0 fully saturated rings. The van der Waals surface area contributed by atoms with E-state index in [0.29, 0.717) is 29.2 Å². The highest BCUT2D eigenvalue weighted by molar-refractivity contribution is 9.10. The van der Waals surface area contributed by atoms with Crippen LogP contribution in [-0.2, 0) is 4.74 Å². The third-order valence-corrected chi connectivity index (χ3v) is 4.44. The van der Waals surface area contributed by atoms with Crippen LogP contribution in [0.25, 0.3) is 0 Å². The maximum absolute atomic E-state index is 12.1. The lowest BCUT2D eigenvalue weighted by Gasteiger charge is -2.05. The summed E-state index contributed by atoms with van der Waals surface area (Å²) >= 11 is 3.33. The molecule has 3 aromatic carbocycles. The lowest BCUT2D eigenvalue weighted by Crippen LogP contribution is -2.08. The lowest BCUT2D eigenvalue weighted by molar-refractivity contribution is 0.0526. The molecule has 0 saturated carbocycles. The van der Waals surface area contributed by atoms with E-state index >= 15 is 0 Å². The molecule has 6 heteroatoms. The van der Waals surface area contributed by atoms with Gasteiger partial charge in [-0.25, -0.2) is 9.59 Å². The summed E-state index contributed by atoms with van der Waals surface area (Å²) in [6.45, 7) is 2.11. The van der Waals surface area contributed by atoms with Crippen molar-refractivity contribution in [3.05, 3.63) is 94.0 Å². The second-order valence-corrected chi connectivity index (χ2v) is 6.91. The van der Waals surface area contributed by atoms with Crippen LogP contribution in [0.3, 0.4) is 0 Å². The number of nitrogens with zero attached hydrogens (tertiary/aromatic N) is 1. The molecule has 0 atom stereocenters. The Labute approximate surface area is 177 Å². The second kappa shape index (κ2) is 9.80. The van der Waals surface area contributed by atoms with Crippen molar-refractivity contribution in [3.63, 3.8) is 0 Å². The monoisotopic (exact) mass is 451 g/mol. The molecule has 29 heavy (non-hydrogen) atoms. The molecule has 0 aliphatic carbocycles. The molecule has 3 aromatic rings. The fourth-order valence-electron chi connectivity index (χ4n) is 2.42. The zero-order chi connectivity index (χ0) is 20.6. The Hall–Kier alpha value is -3.25. The molecule has 0 aliphatic heterocycles. The average molecular weight is 452 g/mol. The molecular formula is C23H18BrNO4. The Kier molecular flexibility index (Phi) is 6.92. The maximum atomic E-state index is 12.1. The molecule has 0 N–H and O–H groups in total. The van der Waals surface area contributed by atoms with Crippen LogP contribution in [0.4, 0.5) is 5.69 Å². The molecule has 0 saturated heterocycles. The molecule has 3 rings (SSSR count). The van der Waals surface area contributed by atoms with Crippen molar-refractivity contribution in [1.29, 1.82) is 0 Å². The summed E-state index contributed by atoms with van der Waals surface area (Å²) in [5, 5.41) is 0. The quantitative estimate of drug-likeness (QED) is 0.278. The van der Waals surface area contributed by atoms with Crippen LogP contribution in [0.1, 0.15) is 33.2 Å². The minimum atomic E-state index is -0.416. The summed E-state index contributed by atoms with van der Waals surface area (Å²) in [7, 11) is 0. The summed E-state index contributed by atoms with van der Waals surface area (Å²) in [4.78, 5) is 28.2. The van der Waals surface area contributed by atoms with Crippen molar-refractivity contribution in [2.45, 2.75) is 6.92 Å². The van der Waals surface area contributed by atoms with Crippen LogP contribution in [0.5, 0.6) is 5.75 Å². The van der Waals surface area contributed by atoms with Gasteiger partial charge in [-0.15, -0.1) is 0 Å². The predicted molar refractivity (Wildman–Crippen MR) is 115 cm³/mol.